The zero-order chi connectivity index (χ0) is 23.9. The lowest BCUT2D eigenvalue weighted by Crippen LogP contribution is -2.40. The number of pyridine rings is 1. The number of fused-ring (bicyclic) bond motifs is 2. The Hall–Kier alpha value is -3.26. The molecule has 1 aromatic carbocycles. The highest BCUT2D eigenvalue weighted by molar-refractivity contribution is 6.30. The third kappa shape index (κ3) is 4.07. The van der Waals surface area contributed by atoms with Crippen molar-refractivity contribution >= 4 is 23.4 Å². The fourth-order valence-electron chi connectivity index (χ4n) is 5.01. The van der Waals surface area contributed by atoms with Crippen molar-refractivity contribution in [1.82, 2.24) is 25.0 Å². The zero-order valence-corrected chi connectivity index (χ0v) is 20.2. The highest BCUT2D eigenvalue weighted by Gasteiger charge is 2.46. The number of carbonyl (C=O) groups excluding carboxylic acids is 1. The van der Waals surface area contributed by atoms with E-state index in [1.807, 2.05) is 49.1 Å². The molecule has 3 aromatic rings. The number of hydrogen-bond acceptors (Lipinski definition) is 5. The highest BCUT2D eigenvalue weighted by atomic mass is 35.5. The molecule has 2 atom stereocenters. The number of hydrogen-bond donors (Lipinski definition) is 2. The van der Waals surface area contributed by atoms with E-state index in [2.05, 4.69) is 21.0 Å². The molecule has 5 rings (SSSR count). The molecule has 1 fully saturated rings. The maximum absolute atomic E-state index is 12.4. The van der Waals surface area contributed by atoms with Crippen molar-refractivity contribution in [3.63, 3.8) is 0 Å². The van der Waals surface area contributed by atoms with Gasteiger partial charge in [-0.05, 0) is 56.5 Å². The van der Waals surface area contributed by atoms with Gasteiger partial charge in [-0.15, -0.1) is 0 Å². The number of urea groups is 1. The third-order valence-corrected chi connectivity index (χ3v) is 7.17. The molecule has 1 spiro atoms. The highest BCUT2D eigenvalue weighted by Crippen LogP contribution is 2.44. The minimum absolute atomic E-state index is 0.0110. The molecular formula is C25H29ClN6O2. The first-order valence-electron chi connectivity index (χ1n) is 11.7. The number of halogens is 1. The van der Waals surface area contributed by atoms with Gasteiger partial charge < -0.3 is 20.7 Å². The fourth-order valence-corrected chi connectivity index (χ4v) is 5.13. The van der Waals surface area contributed by atoms with Gasteiger partial charge in [0.05, 0.1) is 5.69 Å². The maximum Gasteiger partial charge on any atom is 0.317 e. The van der Waals surface area contributed by atoms with Crippen LogP contribution in [-0.2, 0) is 12.0 Å². The molecule has 2 aliphatic rings. The monoisotopic (exact) mass is 480 g/mol. The van der Waals surface area contributed by atoms with E-state index in [1.54, 1.807) is 6.20 Å². The van der Waals surface area contributed by atoms with Crippen LogP contribution in [0, 0.1) is 0 Å². The summed E-state index contributed by atoms with van der Waals surface area (Å²) in [4.78, 5) is 18.6. The van der Waals surface area contributed by atoms with Gasteiger partial charge >= 0.3 is 6.03 Å². The summed E-state index contributed by atoms with van der Waals surface area (Å²) in [6.07, 6.45) is 3.46. The van der Waals surface area contributed by atoms with Gasteiger partial charge in [-0.2, -0.15) is 5.10 Å². The molecule has 0 bridgehead atoms. The van der Waals surface area contributed by atoms with Crippen LogP contribution in [0.5, 0.6) is 5.75 Å². The number of rotatable bonds is 5. The standard InChI is InChI=1S/C25H29ClN6O2/c1-3-28-24(33)31-10-8-25(15-31)9-11-32-22(25)13-20(30-32)18-12-21(23(27)29-14-18)34-16(2)17-4-6-19(26)7-5-17/h4-7,12-14,16H,3,8-11,15H2,1-2H3,(H2,27,29)(H,28,33)/t16?,25-/m1/s1. The Morgan fingerprint density at radius 1 is 1.26 bits per heavy atom. The molecule has 2 amide bonds. The average Bonchev–Trinajstić information content (AvgIpc) is 3.53. The number of benzene rings is 1. The van der Waals surface area contributed by atoms with Crippen molar-refractivity contribution in [3.8, 4) is 17.0 Å². The SMILES string of the molecule is CCNC(=O)N1CC[C@@]2(CCn3nc(-c4cnc(N)c(OC(C)c5ccc(Cl)cc5)c4)cc32)C1. The largest absolute Gasteiger partial charge is 0.482 e. The lowest BCUT2D eigenvalue weighted by atomic mass is 9.82. The number of amides is 2. The topological polar surface area (TPSA) is 98.3 Å². The molecule has 0 radical (unpaired) electrons. The summed E-state index contributed by atoms with van der Waals surface area (Å²) in [5, 5.41) is 8.45. The van der Waals surface area contributed by atoms with Crippen LogP contribution in [0.15, 0.2) is 42.6 Å². The maximum atomic E-state index is 12.4. The number of nitrogens with zero attached hydrogens (tertiary/aromatic N) is 4. The van der Waals surface area contributed by atoms with Gasteiger partial charge in [0.25, 0.3) is 0 Å². The summed E-state index contributed by atoms with van der Waals surface area (Å²) in [7, 11) is 0. The predicted octanol–water partition coefficient (Wildman–Crippen LogP) is 4.40. The molecule has 4 heterocycles. The molecule has 9 heteroatoms. The molecule has 8 nitrogen and oxygen atoms in total. The van der Waals surface area contributed by atoms with Gasteiger partial charge in [0, 0.05) is 54.1 Å². The second-order valence-corrected chi connectivity index (χ2v) is 9.53. The van der Waals surface area contributed by atoms with Crippen LogP contribution in [0.25, 0.3) is 11.3 Å². The summed E-state index contributed by atoms with van der Waals surface area (Å²) in [5.41, 5.74) is 9.95. The quantitative estimate of drug-likeness (QED) is 0.564. The second-order valence-electron chi connectivity index (χ2n) is 9.09. The summed E-state index contributed by atoms with van der Waals surface area (Å²) in [6, 6.07) is 11.6. The molecule has 3 N–H and O–H groups in total. The van der Waals surface area contributed by atoms with Gasteiger partial charge in [0.2, 0.25) is 0 Å². The van der Waals surface area contributed by atoms with Crippen LogP contribution >= 0.6 is 11.6 Å². The molecule has 178 valence electrons. The molecule has 1 unspecified atom stereocenters. The number of carbonyl (C=O) groups is 1. The first kappa shape index (κ1) is 22.5. The number of nitrogens with one attached hydrogen (secondary N) is 1. The molecule has 2 aliphatic heterocycles. The van der Waals surface area contributed by atoms with E-state index in [0.29, 0.717) is 23.1 Å². The van der Waals surface area contributed by atoms with E-state index in [4.69, 9.17) is 27.2 Å². The van der Waals surface area contributed by atoms with E-state index in [-0.39, 0.29) is 17.6 Å². The molecule has 2 aromatic heterocycles. The van der Waals surface area contributed by atoms with E-state index in [0.717, 1.165) is 49.3 Å². The number of aryl methyl sites for hydroxylation is 1. The Bertz CT molecular complexity index is 1210. The Kier molecular flexibility index (Phi) is 5.85. The number of nitrogens with two attached hydrogens (primary N) is 1. The Morgan fingerprint density at radius 3 is 2.79 bits per heavy atom. The number of ether oxygens (including phenoxy) is 1. The summed E-state index contributed by atoms with van der Waals surface area (Å²) in [5.74, 6) is 0.854. The lowest BCUT2D eigenvalue weighted by molar-refractivity contribution is 0.206. The van der Waals surface area contributed by atoms with Crippen molar-refractivity contribution < 1.29 is 9.53 Å². The van der Waals surface area contributed by atoms with Gasteiger partial charge in [0.15, 0.2) is 11.6 Å². The zero-order valence-electron chi connectivity index (χ0n) is 19.4. The van der Waals surface area contributed by atoms with Crippen molar-refractivity contribution in [1.29, 1.82) is 0 Å². The number of aromatic nitrogens is 3. The van der Waals surface area contributed by atoms with E-state index >= 15 is 0 Å². The van der Waals surface area contributed by atoms with Crippen LogP contribution in [0.2, 0.25) is 5.02 Å². The Morgan fingerprint density at radius 2 is 2.03 bits per heavy atom. The normalized spacial score (nSPS) is 19.9. The first-order valence-corrected chi connectivity index (χ1v) is 12.1. The van der Waals surface area contributed by atoms with Crippen LogP contribution in [0.4, 0.5) is 10.6 Å². The van der Waals surface area contributed by atoms with Crippen molar-refractivity contribution in [3.05, 3.63) is 58.9 Å². The third-order valence-electron chi connectivity index (χ3n) is 6.92. The summed E-state index contributed by atoms with van der Waals surface area (Å²) >= 11 is 6.00. The van der Waals surface area contributed by atoms with Crippen molar-refractivity contribution in [2.75, 3.05) is 25.4 Å². The molecule has 1 saturated heterocycles. The Balaban J connectivity index is 1.37. The average molecular weight is 481 g/mol. The Labute approximate surface area is 204 Å². The van der Waals surface area contributed by atoms with Crippen molar-refractivity contribution in [2.45, 2.75) is 44.8 Å². The van der Waals surface area contributed by atoms with E-state index in [1.165, 1.54) is 5.69 Å². The van der Waals surface area contributed by atoms with E-state index < -0.39 is 0 Å². The summed E-state index contributed by atoms with van der Waals surface area (Å²) in [6.45, 7) is 6.86. The van der Waals surface area contributed by atoms with Crippen LogP contribution in [0.3, 0.4) is 0 Å². The molecule has 0 aliphatic carbocycles. The number of nitrogen functional groups attached to an aromatic ring is 1. The number of anilines is 1. The van der Waals surface area contributed by atoms with Crippen LogP contribution in [-0.4, -0.2) is 45.3 Å². The fraction of sp³-hybridized carbons (Fsp3) is 0.400. The predicted molar refractivity (Wildman–Crippen MR) is 132 cm³/mol. The second kappa shape index (κ2) is 8.83. The number of likely N-dealkylation sites (tertiary alicyclic amines) is 1. The lowest BCUT2D eigenvalue weighted by Gasteiger charge is -2.23. The minimum atomic E-state index is -0.217. The summed E-state index contributed by atoms with van der Waals surface area (Å²) < 4.78 is 8.22. The van der Waals surface area contributed by atoms with Gasteiger partial charge in [-0.25, -0.2) is 9.78 Å². The molecular weight excluding hydrogens is 452 g/mol. The van der Waals surface area contributed by atoms with Crippen LogP contribution < -0.4 is 15.8 Å². The molecule has 34 heavy (non-hydrogen) atoms. The van der Waals surface area contributed by atoms with E-state index in [9.17, 15) is 4.79 Å². The van der Waals surface area contributed by atoms with Gasteiger partial charge in [-0.3, -0.25) is 4.68 Å². The van der Waals surface area contributed by atoms with Gasteiger partial charge in [-0.1, -0.05) is 23.7 Å². The smallest absolute Gasteiger partial charge is 0.317 e. The molecule has 0 saturated carbocycles. The van der Waals surface area contributed by atoms with Crippen LogP contribution in [0.1, 0.15) is 44.1 Å². The first-order chi connectivity index (χ1) is 16.4. The van der Waals surface area contributed by atoms with Crippen molar-refractivity contribution in [2.24, 2.45) is 0 Å². The van der Waals surface area contributed by atoms with Gasteiger partial charge in [0.1, 0.15) is 6.10 Å². The minimum Gasteiger partial charge on any atom is -0.482 e.